The predicted molar refractivity (Wildman–Crippen MR) is 99.0 cm³/mol. The fraction of sp³-hybridized carbons (Fsp3) is 0.350. The Labute approximate surface area is 148 Å². The Kier molecular flexibility index (Phi) is 5.90. The van der Waals surface area contributed by atoms with Crippen molar-refractivity contribution < 1.29 is 14.3 Å². The lowest BCUT2D eigenvalue weighted by Gasteiger charge is -2.22. The Morgan fingerprint density at radius 2 is 2.12 bits per heavy atom. The summed E-state index contributed by atoms with van der Waals surface area (Å²) >= 11 is 0. The van der Waals surface area contributed by atoms with Crippen LogP contribution in [0.4, 0.5) is 10.5 Å². The molecule has 1 aliphatic rings. The lowest BCUT2D eigenvalue weighted by molar-refractivity contribution is 0.0559. The second-order valence-corrected chi connectivity index (χ2v) is 6.20. The molecule has 132 valence electrons. The highest BCUT2D eigenvalue weighted by Crippen LogP contribution is 2.30. The molecule has 2 aromatic rings. The number of benzene rings is 2. The lowest BCUT2D eigenvalue weighted by Crippen LogP contribution is -2.35. The number of ether oxygens (including phenoxy) is 2. The molecule has 0 aliphatic carbocycles. The van der Waals surface area contributed by atoms with Crippen molar-refractivity contribution in [3.63, 3.8) is 0 Å². The second-order valence-electron chi connectivity index (χ2n) is 6.20. The second kappa shape index (κ2) is 8.53. The smallest absolute Gasteiger partial charge is 0.319 e. The van der Waals surface area contributed by atoms with E-state index in [4.69, 9.17) is 9.47 Å². The summed E-state index contributed by atoms with van der Waals surface area (Å²) in [4.78, 5) is 12.1. The monoisotopic (exact) mass is 340 g/mol. The SMILES string of the molecule is COc1ccccc1-c1cccc(NC(=O)NC[C@@H]2CCCOC2)c1. The van der Waals surface area contributed by atoms with Gasteiger partial charge in [0.1, 0.15) is 5.75 Å². The molecule has 0 unspecified atom stereocenters. The number of para-hydroxylation sites is 1. The molecule has 0 spiro atoms. The first-order valence-corrected chi connectivity index (χ1v) is 8.62. The topological polar surface area (TPSA) is 59.6 Å². The zero-order valence-corrected chi connectivity index (χ0v) is 14.5. The molecule has 5 heteroatoms. The van der Waals surface area contributed by atoms with Gasteiger partial charge < -0.3 is 20.1 Å². The van der Waals surface area contributed by atoms with Crippen molar-refractivity contribution in [2.45, 2.75) is 12.8 Å². The highest BCUT2D eigenvalue weighted by atomic mass is 16.5. The molecule has 3 rings (SSSR count). The molecule has 5 nitrogen and oxygen atoms in total. The molecule has 1 atom stereocenters. The maximum absolute atomic E-state index is 12.1. The fourth-order valence-corrected chi connectivity index (χ4v) is 3.03. The zero-order chi connectivity index (χ0) is 17.5. The van der Waals surface area contributed by atoms with Crippen LogP contribution in [0, 0.1) is 5.92 Å². The minimum Gasteiger partial charge on any atom is -0.496 e. The summed E-state index contributed by atoms with van der Waals surface area (Å²) < 4.78 is 10.9. The number of nitrogens with one attached hydrogen (secondary N) is 2. The van der Waals surface area contributed by atoms with Gasteiger partial charge in [0, 0.05) is 24.4 Å². The normalized spacial score (nSPS) is 16.9. The number of carbonyl (C=O) groups excluding carboxylic acids is 1. The Morgan fingerprint density at radius 1 is 1.24 bits per heavy atom. The van der Waals surface area contributed by atoms with Gasteiger partial charge >= 0.3 is 6.03 Å². The number of anilines is 1. The van der Waals surface area contributed by atoms with E-state index < -0.39 is 0 Å². The molecular weight excluding hydrogens is 316 g/mol. The van der Waals surface area contributed by atoms with Crippen molar-refractivity contribution in [1.29, 1.82) is 0 Å². The van der Waals surface area contributed by atoms with Crippen molar-refractivity contribution in [2.75, 3.05) is 32.2 Å². The Bertz CT molecular complexity index is 712. The maximum Gasteiger partial charge on any atom is 0.319 e. The average Bonchev–Trinajstić information content (AvgIpc) is 2.67. The van der Waals surface area contributed by atoms with Crippen molar-refractivity contribution in [3.8, 4) is 16.9 Å². The highest BCUT2D eigenvalue weighted by molar-refractivity contribution is 5.90. The van der Waals surface area contributed by atoms with Gasteiger partial charge in [0.05, 0.1) is 13.7 Å². The Morgan fingerprint density at radius 3 is 2.92 bits per heavy atom. The van der Waals surface area contributed by atoms with Crippen molar-refractivity contribution in [3.05, 3.63) is 48.5 Å². The van der Waals surface area contributed by atoms with E-state index >= 15 is 0 Å². The summed E-state index contributed by atoms with van der Waals surface area (Å²) in [5, 5.41) is 5.83. The van der Waals surface area contributed by atoms with Gasteiger partial charge in [-0.2, -0.15) is 0 Å². The number of hydrogen-bond donors (Lipinski definition) is 2. The summed E-state index contributed by atoms with van der Waals surface area (Å²) in [6.07, 6.45) is 2.17. The summed E-state index contributed by atoms with van der Waals surface area (Å²) in [7, 11) is 1.66. The number of carbonyl (C=O) groups is 1. The van der Waals surface area contributed by atoms with E-state index in [1.165, 1.54) is 0 Å². The number of hydrogen-bond acceptors (Lipinski definition) is 3. The fourth-order valence-electron chi connectivity index (χ4n) is 3.03. The Hall–Kier alpha value is -2.53. The molecule has 1 fully saturated rings. The Balaban J connectivity index is 1.62. The van der Waals surface area contributed by atoms with Crippen LogP contribution >= 0.6 is 0 Å². The molecule has 25 heavy (non-hydrogen) atoms. The van der Waals surface area contributed by atoms with Gasteiger partial charge in [-0.1, -0.05) is 30.3 Å². The molecule has 2 N–H and O–H groups in total. The molecule has 0 radical (unpaired) electrons. The summed E-state index contributed by atoms with van der Waals surface area (Å²) in [6, 6.07) is 15.4. The molecule has 2 amide bonds. The highest BCUT2D eigenvalue weighted by Gasteiger charge is 2.15. The van der Waals surface area contributed by atoms with E-state index in [1.54, 1.807) is 7.11 Å². The van der Waals surface area contributed by atoms with Crippen LogP contribution in [-0.2, 0) is 4.74 Å². The molecule has 1 heterocycles. The number of rotatable bonds is 5. The molecule has 2 aromatic carbocycles. The van der Waals surface area contributed by atoms with Crippen LogP contribution in [0.15, 0.2) is 48.5 Å². The van der Waals surface area contributed by atoms with Crippen LogP contribution in [0.5, 0.6) is 5.75 Å². The first-order valence-electron chi connectivity index (χ1n) is 8.62. The van der Waals surface area contributed by atoms with E-state index in [0.717, 1.165) is 48.6 Å². The number of methoxy groups -OCH3 is 1. The van der Waals surface area contributed by atoms with E-state index in [1.807, 2.05) is 48.5 Å². The molecule has 0 saturated carbocycles. The van der Waals surface area contributed by atoms with Gasteiger partial charge in [-0.15, -0.1) is 0 Å². The van der Waals surface area contributed by atoms with E-state index in [2.05, 4.69) is 10.6 Å². The predicted octanol–water partition coefficient (Wildman–Crippen LogP) is 3.91. The summed E-state index contributed by atoms with van der Waals surface area (Å²) in [6.45, 7) is 2.19. The van der Waals surface area contributed by atoms with E-state index in [-0.39, 0.29) is 6.03 Å². The third kappa shape index (κ3) is 4.73. The standard InChI is InChI=1S/C20H24N2O3/c1-24-19-10-3-2-9-18(19)16-7-4-8-17(12-16)22-20(23)21-13-15-6-5-11-25-14-15/h2-4,7-10,12,15H,5-6,11,13-14H2,1H3,(H2,21,22,23)/t15-/m0/s1. The van der Waals surface area contributed by atoms with Crippen molar-refractivity contribution >= 4 is 11.7 Å². The van der Waals surface area contributed by atoms with Gasteiger partial charge in [-0.3, -0.25) is 0 Å². The van der Waals surface area contributed by atoms with Crippen LogP contribution in [0.2, 0.25) is 0 Å². The van der Waals surface area contributed by atoms with Crippen LogP contribution in [0.25, 0.3) is 11.1 Å². The van der Waals surface area contributed by atoms with Crippen molar-refractivity contribution in [2.24, 2.45) is 5.92 Å². The number of amides is 2. The summed E-state index contributed by atoms with van der Waals surface area (Å²) in [5.74, 6) is 1.21. The van der Waals surface area contributed by atoms with Crippen LogP contribution in [0.3, 0.4) is 0 Å². The maximum atomic E-state index is 12.1. The molecule has 1 saturated heterocycles. The van der Waals surface area contributed by atoms with Gasteiger partial charge in [-0.05, 0) is 42.5 Å². The first kappa shape index (κ1) is 17.3. The molecule has 0 aromatic heterocycles. The van der Waals surface area contributed by atoms with E-state index in [9.17, 15) is 4.79 Å². The molecular formula is C20H24N2O3. The third-order valence-corrected chi connectivity index (χ3v) is 4.34. The van der Waals surface area contributed by atoms with Crippen LogP contribution < -0.4 is 15.4 Å². The molecule has 0 bridgehead atoms. The van der Waals surface area contributed by atoms with Gasteiger partial charge in [0.2, 0.25) is 0 Å². The van der Waals surface area contributed by atoms with Gasteiger partial charge in [-0.25, -0.2) is 4.79 Å². The largest absolute Gasteiger partial charge is 0.496 e. The van der Waals surface area contributed by atoms with Crippen LogP contribution in [0.1, 0.15) is 12.8 Å². The van der Waals surface area contributed by atoms with E-state index in [0.29, 0.717) is 12.5 Å². The number of urea groups is 1. The first-order chi connectivity index (χ1) is 12.3. The van der Waals surface area contributed by atoms with Gasteiger partial charge in [0.25, 0.3) is 0 Å². The van der Waals surface area contributed by atoms with Crippen molar-refractivity contribution in [1.82, 2.24) is 5.32 Å². The average molecular weight is 340 g/mol. The zero-order valence-electron chi connectivity index (χ0n) is 14.5. The lowest BCUT2D eigenvalue weighted by atomic mass is 10.0. The van der Waals surface area contributed by atoms with Gasteiger partial charge in [0.15, 0.2) is 0 Å². The quantitative estimate of drug-likeness (QED) is 0.867. The minimum absolute atomic E-state index is 0.192. The minimum atomic E-state index is -0.192. The van der Waals surface area contributed by atoms with Crippen LogP contribution in [-0.4, -0.2) is 32.9 Å². The molecule has 1 aliphatic heterocycles. The summed E-state index contributed by atoms with van der Waals surface area (Å²) in [5.41, 5.74) is 2.74. The third-order valence-electron chi connectivity index (χ3n) is 4.34.